The van der Waals surface area contributed by atoms with E-state index in [1.165, 1.54) is 21.7 Å². The van der Waals surface area contributed by atoms with Crippen LogP contribution in [0.25, 0.3) is 10.7 Å². The average Bonchev–Trinajstić information content (AvgIpc) is 3.16. The number of hydrogen-bond donors (Lipinski definition) is 0. The van der Waals surface area contributed by atoms with Gasteiger partial charge in [-0.15, -0.1) is 22.7 Å². The molecule has 3 aromatic heterocycles. The molecule has 4 rings (SSSR count). The van der Waals surface area contributed by atoms with Crippen LogP contribution in [-0.2, 0) is 10.0 Å². The predicted molar refractivity (Wildman–Crippen MR) is 88.4 cm³/mol. The van der Waals surface area contributed by atoms with Crippen molar-refractivity contribution in [1.29, 1.82) is 0 Å². The van der Waals surface area contributed by atoms with Gasteiger partial charge in [-0.1, -0.05) is 22.8 Å². The van der Waals surface area contributed by atoms with Crippen molar-refractivity contribution >= 4 is 44.3 Å². The first kappa shape index (κ1) is 15.3. The van der Waals surface area contributed by atoms with Crippen LogP contribution in [0.5, 0.6) is 0 Å². The maximum atomic E-state index is 12.4. The number of rotatable bonds is 4. The number of thiophene rings is 2. The highest BCUT2D eigenvalue weighted by atomic mass is 35.5. The standard InChI is InChI=1S/C13H10ClN3O3S3/c14-10-3-4-11(22-10)23(18,19)17-6-8(7-17)13-15-12(16-20-13)9-2-1-5-21-9/h1-5,8H,6-7H2. The third-order valence-electron chi connectivity index (χ3n) is 3.52. The van der Waals surface area contributed by atoms with E-state index < -0.39 is 10.0 Å². The summed E-state index contributed by atoms with van der Waals surface area (Å²) in [7, 11) is -3.48. The molecule has 1 saturated heterocycles. The zero-order valence-corrected chi connectivity index (χ0v) is 14.8. The van der Waals surface area contributed by atoms with Crippen molar-refractivity contribution in [2.45, 2.75) is 10.1 Å². The number of hydrogen-bond acceptors (Lipinski definition) is 7. The summed E-state index contributed by atoms with van der Waals surface area (Å²) in [6.45, 7) is 0.674. The Morgan fingerprint density at radius 1 is 1.30 bits per heavy atom. The van der Waals surface area contributed by atoms with E-state index >= 15 is 0 Å². The smallest absolute Gasteiger partial charge is 0.252 e. The predicted octanol–water partition coefficient (Wildman–Crippen LogP) is 3.30. The Bertz CT molecular complexity index is 927. The molecule has 6 nitrogen and oxygen atoms in total. The lowest BCUT2D eigenvalue weighted by Gasteiger charge is -2.35. The minimum Gasteiger partial charge on any atom is -0.339 e. The van der Waals surface area contributed by atoms with E-state index in [0.717, 1.165) is 16.2 Å². The Kier molecular flexibility index (Phi) is 3.77. The summed E-state index contributed by atoms with van der Waals surface area (Å²) in [6, 6.07) is 6.94. The molecule has 0 aromatic carbocycles. The second-order valence-electron chi connectivity index (χ2n) is 5.01. The van der Waals surface area contributed by atoms with Gasteiger partial charge in [0.05, 0.1) is 15.1 Å². The highest BCUT2D eigenvalue weighted by Crippen LogP contribution is 2.35. The lowest BCUT2D eigenvalue weighted by Crippen LogP contribution is -2.48. The van der Waals surface area contributed by atoms with Gasteiger partial charge in [0.15, 0.2) is 0 Å². The first-order chi connectivity index (χ1) is 11.0. The lowest BCUT2D eigenvalue weighted by molar-refractivity contribution is 0.217. The van der Waals surface area contributed by atoms with Gasteiger partial charge in [-0.3, -0.25) is 0 Å². The van der Waals surface area contributed by atoms with Gasteiger partial charge >= 0.3 is 0 Å². The van der Waals surface area contributed by atoms with Crippen molar-refractivity contribution in [1.82, 2.24) is 14.4 Å². The molecule has 0 saturated carbocycles. The van der Waals surface area contributed by atoms with Gasteiger partial charge in [-0.25, -0.2) is 8.42 Å². The lowest BCUT2D eigenvalue weighted by atomic mass is 10.0. The first-order valence-electron chi connectivity index (χ1n) is 6.67. The minimum absolute atomic E-state index is 0.0681. The van der Waals surface area contributed by atoms with E-state index in [0.29, 0.717) is 29.1 Å². The monoisotopic (exact) mass is 387 g/mol. The second-order valence-corrected chi connectivity index (χ2v) is 9.84. The molecule has 0 atom stereocenters. The molecule has 23 heavy (non-hydrogen) atoms. The number of nitrogens with zero attached hydrogens (tertiary/aromatic N) is 3. The van der Waals surface area contributed by atoms with Crippen LogP contribution in [0.3, 0.4) is 0 Å². The van der Waals surface area contributed by atoms with Crippen molar-refractivity contribution in [2.75, 3.05) is 13.1 Å². The number of sulfonamides is 1. The fraction of sp³-hybridized carbons (Fsp3) is 0.231. The van der Waals surface area contributed by atoms with Crippen LogP contribution >= 0.6 is 34.3 Å². The molecule has 0 N–H and O–H groups in total. The fourth-order valence-electron chi connectivity index (χ4n) is 2.26. The molecule has 0 aliphatic carbocycles. The zero-order valence-electron chi connectivity index (χ0n) is 11.5. The molecule has 4 heterocycles. The quantitative estimate of drug-likeness (QED) is 0.686. The van der Waals surface area contributed by atoms with E-state index in [1.54, 1.807) is 6.07 Å². The van der Waals surface area contributed by atoms with Gasteiger partial charge < -0.3 is 4.52 Å². The largest absolute Gasteiger partial charge is 0.339 e. The fourth-order valence-corrected chi connectivity index (χ4v) is 6.08. The van der Waals surface area contributed by atoms with E-state index in [-0.39, 0.29) is 10.1 Å². The molecule has 0 radical (unpaired) electrons. The Morgan fingerprint density at radius 2 is 2.13 bits per heavy atom. The third kappa shape index (κ3) is 2.72. The van der Waals surface area contributed by atoms with Crippen LogP contribution in [0.1, 0.15) is 11.8 Å². The van der Waals surface area contributed by atoms with Crippen LogP contribution in [0, 0.1) is 0 Å². The van der Waals surface area contributed by atoms with Gasteiger partial charge in [-0.05, 0) is 23.6 Å². The van der Waals surface area contributed by atoms with Crippen molar-refractivity contribution in [2.24, 2.45) is 0 Å². The normalized spacial score (nSPS) is 16.6. The van der Waals surface area contributed by atoms with Crippen LogP contribution in [0.15, 0.2) is 38.4 Å². The van der Waals surface area contributed by atoms with Crippen molar-refractivity contribution < 1.29 is 12.9 Å². The second kappa shape index (κ2) is 5.67. The minimum atomic E-state index is -3.48. The van der Waals surface area contributed by atoms with Crippen LogP contribution in [-0.4, -0.2) is 36.0 Å². The molecule has 1 fully saturated rings. The summed E-state index contributed by atoms with van der Waals surface area (Å²) in [6.07, 6.45) is 0. The highest BCUT2D eigenvalue weighted by Gasteiger charge is 2.41. The zero-order chi connectivity index (χ0) is 16.0. The van der Waals surface area contributed by atoms with Crippen molar-refractivity contribution in [3.8, 4) is 10.7 Å². The summed E-state index contributed by atoms with van der Waals surface area (Å²) in [5.41, 5.74) is 0. The summed E-state index contributed by atoms with van der Waals surface area (Å²) in [4.78, 5) is 5.29. The molecular formula is C13H10ClN3O3S3. The molecule has 1 aliphatic heterocycles. The number of aromatic nitrogens is 2. The molecule has 0 unspecified atom stereocenters. The van der Waals surface area contributed by atoms with Crippen LogP contribution in [0.4, 0.5) is 0 Å². The molecule has 0 amide bonds. The molecule has 0 bridgehead atoms. The summed E-state index contributed by atoms with van der Waals surface area (Å²) in [5.74, 6) is 0.951. The molecular weight excluding hydrogens is 378 g/mol. The van der Waals surface area contributed by atoms with Gasteiger partial charge in [0, 0.05) is 13.1 Å². The summed E-state index contributed by atoms with van der Waals surface area (Å²) >= 11 is 8.40. The van der Waals surface area contributed by atoms with Gasteiger partial charge in [0.1, 0.15) is 4.21 Å². The maximum Gasteiger partial charge on any atom is 0.252 e. The highest BCUT2D eigenvalue weighted by molar-refractivity contribution is 7.91. The average molecular weight is 388 g/mol. The van der Waals surface area contributed by atoms with E-state index in [4.69, 9.17) is 16.1 Å². The van der Waals surface area contributed by atoms with Gasteiger partial charge in [0.2, 0.25) is 11.7 Å². The molecule has 0 spiro atoms. The molecule has 1 aliphatic rings. The third-order valence-corrected chi connectivity index (χ3v) is 7.92. The Hall–Kier alpha value is -1.26. The Labute approximate surface area is 145 Å². The van der Waals surface area contributed by atoms with Gasteiger partial charge in [0.25, 0.3) is 10.0 Å². The maximum absolute atomic E-state index is 12.4. The summed E-state index contributed by atoms with van der Waals surface area (Å²) in [5, 5.41) is 5.89. The van der Waals surface area contributed by atoms with Crippen molar-refractivity contribution in [3.05, 3.63) is 39.9 Å². The number of halogens is 1. The van der Waals surface area contributed by atoms with E-state index in [2.05, 4.69) is 10.1 Å². The molecule has 120 valence electrons. The molecule has 3 aromatic rings. The van der Waals surface area contributed by atoms with E-state index in [9.17, 15) is 8.42 Å². The Balaban J connectivity index is 1.47. The van der Waals surface area contributed by atoms with Crippen molar-refractivity contribution in [3.63, 3.8) is 0 Å². The van der Waals surface area contributed by atoms with Gasteiger partial charge in [-0.2, -0.15) is 9.29 Å². The Morgan fingerprint density at radius 3 is 2.78 bits per heavy atom. The van der Waals surface area contributed by atoms with Crippen LogP contribution < -0.4 is 0 Å². The topological polar surface area (TPSA) is 76.3 Å². The first-order valence-corrected chi connectivity index (χ1v) is 10.2. The van der Waals surface area contributed by atoms with Crippen LogP contribution in [0.2, 0.25) is 4.34 Å². The van der Waals surface area contributed by atoms with E-state index in [1.807, 2.05) is 17.5 Å². The summed E-state index contributed by atoms with van der Waals surface area (Å²) < 4.78 is 32.2. The molecule has 10 heteroatoms. The SMILES string of the molecule is O=S(=O)(c1ccc(Cl)s1)N1CC(c2nc(-c3cccs3)no2)C1.